The number of halogens is 3. The Morgan fingerprint density at radius 3 is 2.63 bits per heavy atom. The maximum Gasteiger partial charge on any atom is 0.573 e. The third-order valence-electron chi connectivity index (χ3n) is 2.12. The van der Waals surface area contributed by atoms with Crippen LogP contribution < -0.4 is 15.4 Å². The molecule has 0 aliphatic carbocycles. The van der Waals surface area contributed by atoms with Crippen molar-refractivity contribution < 1.29 is 22.7 Å². The number of ether oxygens (including phenoxy) is 1. The van der Waals surface area contributed by atoms with E-state index in [-0.39, 0.29) is 23.9 Å². The van der Waals surface area contributed by atoms with Gasteiger partial charge in [0.2, 0.25) is 5.91 Å². The molecule has 0 atom stereocenters. The maximum absolute atomic E-state index is 12.2. The van der Waals surface area contributed by atoms with Gasteiger partial charge >= 0.3 is 6.36 Å². The van der Waals surface area contributed by atoms with E-state index in [0.29, 0.717) is 6.54 Å². The molecule has 1 amide bonds. The van der Waals surface area contributed by atoms with Gasteiger partial charge in [-0.3, -0.25) is 4.79 Å². The number of alkyl halides is 3. The van der Waals surface area contributed by atoms with Gasteiger partial charge in [0.25, 0.3) is 0 Å². The molecule has 19 heavy (non-hydrogen) atoms. The first-order valence-corrected chi connectivity index (χ1v) is 5.77. The van der Waals surface area contributed by atoms with Crippen LogP contribution in [0.4, 0.5) is 18.9 Å². The third-order valence-corrected chi connectivity index (χ3v) is 2.12. The van der Waals surface area contributed by atoms with E-state index in [1.165, 1.54) is 18.2 Å². The molecule has 0 aliphatic heterocycles. The zero-order chi connectivity index (χ0) is 14.3. The van der Waals surface area contributed by atoms with Crippen molar-refractivity contribution >= 4 is 11.6 Å². The molecule has 7 heteroatoms. The summed E-state index contributed by atoms with van der Waals surface area (Å²) in [5.41, 5.74) is 0.117. The molecule has 0 heterocycles. The van der Waals surface area contributed by atoms with Gasteiger partial charge in [-0.15, -0.1) is 13.2 Å². The minimum Gasteiger partial charge on any atom is -0.404 e. The second-order valence-electron chi connectivity index (χ2n) is 3.75. The zero-order valence-corrected chi connectivity index (χ0v) is 10.4. The first-order valence-electron chi connectivity index (χ1n) is 5.77. The second kappa shape index (κ2) is 6.86. The Morgan fingerprint density at radius 2 is 2.00 bits per heavy atom. The molecule has 106 valence electrons. The van der Waals surface area contributed by atoms with Crippen LogP contribution in [0.3, 0.4) is 0 Å². The van der Waals surface area contributed by atoms with Gasteiger partial charge in [-0.25, -0.2) is 0 Å². The number of nitrogens with one attached hydrogen (secondary N) is 2. The highest BCUT2D eigenvalue weighted by atomic mass is 19.4. The predicted molar refractivity (Wildman–Crippen MR) is 64.9 cm³/mol. The lowest BCUT2D eigenvalue weighted by Crippen LogP contribution is -2.30. The molecule has 0 spiro atoms. The highest BCUT2D eigenvalue weighted by Gasteiger charge is 2.32. The Balaban J connectivity index is 2.60. The van der Waals surface area contributed by atoms with E-state index < -0.39 is 6.36 Å². The molecule has 2 N–H and O–H groups in total. The number of benzene rings is 1. The van der Waals surface area contributed by atoms with Gasteiger partial charge in [0, 0.05) is 6.54 Å². The number of carbonyl (C=O) groups is 1. The van der Waals surface area contributed by atoms with Gasteiger partial charge < -0.3 is 15.4 Å². The van der Waals surface area contributed by atoms with Crippen LogP contribution in [0.25, 0.3) is 0 Å². The Morgan fingerprint density at radius 1 is 1.32 bits per heavy atom. The van der Waals surface area contributed by atoms with Crippen LogP contribution in [0.15, 0.2) is 24.3 Å². The van der Waals surface area contributed by atoms with E-state index in [0.717, 1.165) is 6.42 Å². The molecule has 0 bridgehead atoms. The highest BCUT2D eigenvalue weighted by molar-refractivity contribution is 5.81. The molecule has 0 saturated heterocycles. The van der Waals surface area contributed by atoms with Crippen LogP contribution in [0, 0.1) is 0 Å². The average Bonchev–Trinajstić information content (AvgIpc) is 2.33. The fourth-order valence-corrected chi connectivity index (χ4v) is 1.33. The van der Waals surface area contributed by atoms with Gasteiger partial charge in [0.1, 0.15) is 0 Å². The van der Waals surface area contributed by atoms with Crippen molar-refractivity contribution in [1.29, 1.82) is 0 Å². The van der Waals surface area contributed by atoms with Gasteiger partial charge in [0.15, 0.2) is 5.75 Å². The first kappa shape index (κ1) is 15.1. The molecule has 0 aliphatic rings. The van der Waals surface area contributed by atoms with Crippen LogP contribution in [0.2, 0.25) is 0 Å². The molecule has 4 nitrogen and oxygen atoms in total. The lowest BCUT2D eigenvalue weighted by Gasteiger charge is -2.14. The molecule has 0 unspecified atom stereocenters. The summed E-state index contributed by atoms with van der Waals surface area (Å²) < 4.78 is 40.3. The van der Waals surface area contributed by atoms with Crippen LogP contribution in [-0.4, -0.2) is 25.4 Å². The monoisotopic (exact) mass is 276 g/mol. The van der Waals surface area contributed by atoms with Crippen LogP contribution in [-0.2, 0) is 4.79 Å². The number of anilines is 1. The van der Waals surface area contributed by atoms with Crippen molar-refractivity contribution in [3.63, 3.8) is 0 Å². The number of hydrogen-bond donors (Lipinski definition) is 2. The van der Waals surface area contributed by atoms with Crippen LogP contribution in [0.1, 0.15) is 13.3 Å². The largest absolute Gasteiger partial charge is 0.573 e. The van der Waals surface area contributed by atoms with E-state index in [4.69, 9.17) is 0 Å². The van der Waals surface area contributed by atoms with Crippen molar-refractivity contribution in [2.24, 2.45) is 0 Å². The zero-order valence-electron chi connectivity index (χ0n) is 10.4. The molecule has 0 saturated carbocycles. The minimum atomic E-state index is -4.76. The van der Waals surface area contributed by atoms with E-state index in [9.17, 15) is 18.0 Å². The van der Waals surface area contributed by atoms with Crippen molar-refractivity contribution in [2.45, 2.75) is 19.7 Å². The smallest absolute Gasteiger partial charge is 0.404 e. The van der Waals surface area contributed by atoms with Crippen molar-refractivity contribution in [3.8, 4) is 5.75 Å². The summed E-state index contributed by atoms with van der Waals surface area (Å²) in [6.45, 7) is 2.32. The molecule has 0 aromatic heterocycles. The molecule has 0 fully saturated rings. The van der Waals surface area contributed by atoms with Gasteiger partial charge in [0.05, 0.1) is 12.2 Å². The predicted octanol–water partition coefficient (Wildman–Crippen LogP) is 2.52. The lowest BCUT2D eigenvalue weighted by atomic mass is 10.3. The SMILES string of the molecule is CCCNC(=O)CNc1ccccc1OC(F)(F)F. The van der Waals surface area contributed by atoms with Crippen LogP contribution >= 0.6 is 0 Å². The van der Waals surface area contributed by atoms with Crippen molar-refractivity contribution in [1.82, 2.24) is 5.32 Å². The molecule has 1 rings (SSSR count). The summed E-state index contributed by atoms with van der Waals surface area (Å²) in [6, 6.07) is 5.56. The summed E-state index contributed by atoms with van der Waals surface area (Å²) in [5, 5.41) is 5.21. The first-order chi connectivity index (χ1) is 8.92. The summed E-state index contributed by atoms with van der Waals surface area (Å²) in [4.78, 5) is 11.3. The molecule has 0 radical (unpaired) electrons. The minimum absolute atomic E-state index is 0.113. The molecule has 1 aromatic carbocycles. The Bertz CT molecular complexity index is 422. The highest BCUT2D eigenvalue weighted by Crippen LogP contribution is 2.29. The van der Waals surface area contributed by atoms with Gasteiger partial charge in [-0.1, -0.05) is 19.1 Å². The van der Waals surface area contributed by atoms with E-state index in [2.05, 4.69) is 15.4 Å². The lowest BCUT2D eigenvalue weighted by molar-refractivity contribution is -0.274. The summed E-state index contributed by atoms with van der Waals surface area (Å²) in [7, 11) is 0. The maximum atomic E-state index is 12.2. The number of rotatable bonds is 6. The average molecular weight is 276 g/mol. The van der Waals surface area contributed by atoms with E-state index in [1.54, 1.807) is 6.07 Å². The van der Waals surface area contributed by atoms with E-state index >= 15 is 0 Å². The Kier molecular flexibility index (Phi) is 5.47. The fourth-order valence-electron chi connectivity index (χ4n) is 1.33. The third kappa shape index (κ3) is 5.98. The van der Waals surface area contributed by atoms with Crippen molar-refractivity contribution in [2.75, 3.05) is 18.4 Å². The fraction of sp³-hybridized carbons (Fsp3) is 0.417. The Labute approximate surface area is 108 Å². The standard InChI is InChI=1S/C12H15F3N2O2/c1-2-7-16-11(18)8-17-9-5-3-4-6-10(9)19-12(13,14)15/h3-6,17H,2,7-8H2,1H3,(H,16,18). The molecular formula is C12H15F3N2O2. The number of amides is 1. The molecular weight excluding hydrogens is 261 g/mol. The summed E-state index contributed by atoms with van der Waals surface area (Å²) in [5.74, 6) is -0.651. The summed E-state index contributed by atoms with van der Waals surface area (Å²) >= 11 is 0. The number of carbonyl (C=O) groups excluding carboxylic acids is 1. The van der Waals surface area contributed by atoms with Gasteiger partial charge in [-0.05, 0) is 18.6 Å². The summed E-state index contributed by atoms with van der Waals surface area (Å²) in [6.07, 6.45) is -3.97. The topological polar surface area (TPSA) is 50.4 Å². The van der Waals surface area contributed by atoms with Crippen LogP contribution in [0.5, 0.6) is 5.75 Å². The number of hydrogen-bond acceptors (Lipinski definition) is 3. The van der Waals surface area contributed by atoms with E-state index in [1.807, 2.05) is 6.92 Å². The second-order valence-corrected chi connectivity index (χ2v) is 3.75. The number of para-hydroxylation sites is 2. The quantitative estimate of drug-likeness (QED) is 0.839. The van der Waals surface area contributed by atoms with Gasteiger partial charge in [-0.2, -0.15) is 0 Å². The Hall–Kier alpha value is -1.92. The van der Waals surface area contributed by atoms with Crippen molar-refractivity contribution in [3.05, 3.63) is 24.3 Å². The molecule has 1 aromatic rings. The normalized spacial score (nSPS) is 10.9.